The van der Waals surface area contributed by atoms with Crippen LogP contribution >= 0.6 is 11.8 Å². The number of unbranched alkanes of at least 4 members (excludes halogenated alkanes) is 1. The molecular formula is C31H35N5O2S. The smallest absolute Gasteiger partial charge is 0.222 e. The van der Waals surface area contributed by atoms with Gasteiger partial charge >= 0.3 is 0 Å². The number of piperazine rings is 1. The molecule has 1 saturated heterocycles. The molecule has 0 unspecified atom stereocenters. The molecule has 8 heteroatoms. The van der Waals surface area contributed by atoms with Crippen molar-refractivity contribution in [1.82, 2.24) is 19.7 Å². The fourth-order valence-corrected chi connectivity index (χ4v) is 5.88. The van der Waals surface area contributed by atoms with Crippen LogP contribution in [-0.2, 0) is 11.2 Å². The molecule has 0 aliphatic carbocycles. The maximum Gasteiger partial charge on any atom is 0.222 e. The highest BCUT2D eigenvalue weighted by molar-refractivity contribution is 7.99. The third-order valence-corrected chi connectivity index (χ3v) is 8.01. The molecule has 5 rings (SSSR count). The molecular weight excluding hydrogens is 506 g/mol. The fourth-order valence-electron chi connectivity index (χ4n) is 4.91. The summed E-state index contributed by atoms with van der Waals surface area (Å²) in [6, 6.07) is 28.7. The first kappa shape index (κ1) is 26.8. The average Bonchev–Trinajstić information content (AvgIpc) is 3.39. The van der Waals surface area contributed by atoms with Crippen LogP contribution in [-0.4, -0.2) is 64.6 Å². The number of hydrogen-bond donors (Lipinski definition) is 0. The van der Waals surface area contributed by atoms with Crippen molar-refractivity contribution in [3.63, 3.8) is 0 Å². The zero-order chi connectivity index (χ0) is 26.9. The summed E-state index contributed by atoms with van der Waals surface area (Å²) < 4.78 is 7.66. The predicted molar refractivity (Wildman–Crippen MR) is 157 cm³/mol. The summed E-state index contributed by atoms with van der Waals surface area (Å²) in [6.07, 6.45) is 3.13. The molecule has 39 heavy (non-hydrogen) atoms. The van der Waals surface area contributed by atoms with Crippen LogP contribution in [0.25, 0.3) is 5.69 Å². The normalized spacial score (nSPS) is 13.5. The number of para-hydroxylation sites is 3. The van der Waals surface area contributed by atoms with Crippen molar-refractivity contribution in [1.29, 1.82) is 0 Å². The number of ether oxygens (including phenoxy) is 1. The van der Waals surface area contributed by atoms with Gasteiger partial charge in [0, 0.05) is 50.5 Å². The molecule has 0 atom stereocenters. The van der Waals surface area contributed by atoms with E-state index in [1.54, 1.807) is 18.9 Å². The Morgan fingerprint density at radius 1 is 0.846 bits per heavy atom. The van der Waals surface area contributed by atoms with Gasteiger partial charge in [-0.1, -0.05) is 72.4 Å². The molecule has 0 spiro atoms. The van der Waals surface area contributed by atoms with Gasteiger partial charge in [0.05, 0.1) is 12.8 Å². The molecule has 4 aromatic rings. The number of carbonyl (C=O) groups is 1. The van der Waals surface area contributed by atoms with Gasteiger partial charge in [-0.25, -0.2) is 0 Å². The Kier molecular flexibility index (Phi) is 9.17. The number of carbonyl (C=O) groups excluding carboxylic acids is 1. The van der Waals surface area contributed by atoms with Gasteiger partial charge in [-0.2, -0.15) is 0 Å². The summed E-state index contributed by atoms with van der Waals surface area (Å²) >= 11 is 1.71. The van der Waals surface area contributed by atoms with Crippen LogP contribution in [0.15, 0.2) is 90.1 Å². The summed E-state index contributed by atoms with van der Waals surface area (Å²) in [5.74, 6) is 2.95. The number of benzene rings is 3. The molecule has 1 amide bonds. The Morgan fingerprint density at radius 3 is 2.28 bits per heavy atom. The van der Waals surface area contributed by atoms with E-state index in [2.05, 4.69) is 62.1 Å². The highest BCUT2D eigenvalue weighted by atomic mass is 32.2. The second-order valence-electron chi connectivity index (χ2n) is 9.58. The Bertz CT molecular complexity index is 1340. The molecule has 0 saturated carbocycles. The second kappa shape index (κ2) is 13.3. The summed E-state index contributed by atoms with van der Waals surface area (Å²) in [4.78, 5) is 17.2. The van der Waals surface area contributed by atoms with E-state index in [0.717, 1.165) is 79.3 Å². The lowest BCUT2D eigenvalue weighted by atomic mass is 10.1. The molecule has 202 valence electrons. The zero-order valence-electron chi connectivity index (χ0n) is 22.4. The van der Waals surface area contributed by atoms with Crippen molar-refractivity contribution in [3.8, 4) is 11.4 Å². The predicted octanol–water partition coefficient (Wildman–Crippen LogP) is 5.48. The highest BCUT2D eigenvalue weighted by Gasteiger charge is 2.22. The van der Waals surface area contributed by atoms with Gasteiger partial charge in [-0.3, -0.25) is 9.36 Å². The number of thioether (sulfide) groups is 1. The monoisotopic (exact) mass is 541 g/mol. The standard InChI is InChI=1S/C31H35N5O2S/c1-38-28-17-9-8-16-27(28)34-19-21-35(22-20-34)30(37)18-10-11-23-39-31-33-32-29(24-25-12-4-2-5-13-25)36(31)26-14-6-3-7-15-26/h2-9,12-17H,10-11,18-24H2,1H3. The topological polar surface area (TPSA) is 63.5 Å². The lowest BCUT2D eigenvalue weighted by Crippen LogP contribution is -2.48. The van der Waals surface area contributed by atoms with Gasteiger partial charge in [0.15, 0.2) is 5.16 Å². The van der Waals surface area contributed by atoms with Crippen molar-refractivity contribution in [2.45, 2.75) is 30.8 Å². The third-order valence-electron chi connectivity index (χ3n) is 6.99. The van der Waals surface area contributed by atoms with Gasteiger partial charge < -0.3 is 14.5 Å². The minimum Gasteiger partial charge on any atom is -0.495 e. The number of anilines is 1. The van der Waals surface area contributed by atoms with Crippen LogP contribution < -0.4 is 9.64 Å². The lowest BCUT2D eigenvalue weighted by molar-refractivity contribution is -0.131. The van der Waals surface area contributed by atoms with Gasteiger partial charge in [0.25, 0.3) is 0 Å². The Labute approximate surface area is 234 Å². The fraction of sp³-hybridized carbons (Fsp3) is 0.323. The van der Waals surface area contributed by atoms with Gasteiger partial charge in [0.1, 0.15) is 11.6 Å². The quantitative estimate of drug-likeness (QED) is 0.185. The van der Waals surface area contributed by atoms with Crippen LogP contribution in [0.5, 0.6) is 5.75 Å². The Hall–Kier alpha value is -3.78. The molecule has 0 bridgehead atoms. The third kappa shape index (κ3) is 6.81. The van der Waals surface area contributed by atoms with Crippen LogP contribution in [0, 0.1) is 0 Å². The molecule has 0 radical (unpaired) electrons. The largest absolute Gasteiger partial charge is 0.495 e. The molecule has 1 fully saturated rings. The molecule has 1 aliphatic heterocycles. The Morgan fingerprint density at radius 2 is 1.54 bits per heavy atom. The van der Waals surface area contributed by atoms with Crippen molar-refractivity contribution < 1.29 is 9.53 Å². The van der Waals surface area contributed by atoms with Crippen LogP contribution in [0.4, 0.5) is 5.69 Å². The molecule has 2 heterocycles. The van der Waals surface area contributed by atoms with E-state index < -0.39 is 0 Å². The number of rotatable bonds is 11. The highest BCUT2D eigenvalue weighted by Crippen LogP contribution is 2.29. The Balaban J connectivity index is 1.10. The van der Waals surface area contributed by atoms with Crippen molar-refractivity contribution >= 4 is 23.4 Å². The van der Waals surface area contributed by atoms with E-state index in [9.17, 15) is 4.79 Å². The van der Waals surface area contributed by atoms with Crippen molar-refractivity contribution in [3.05, 3.63) is 96.3 Å². The summed E-state index contributed by atoms with van der Waals surface area (Å²) in [7, 11) is 1.70. The van der Waals surface area contributed by atoms with E-state index in [1.807, 2.05) is 47.4 Å². The average molecular weight is 542 g/mol. The van der Waals surface area contributed by atoms with E-state index in [0.29, 0.717) is 6.42 Å². The summed E-state index contributed by atoms with van der Waals surface area (Å²) in [6.45, 7) is 3.14. The molecule has 3 aromatic carbocycles. The number of aromatic nitrogens is 3. The first-order valence-corrected chi connectivity index (χ1v) is 14.5. The number of nitrogens with zero attached hydrogens (tertiary/aromatic N) is 5. The second-order valence-corrected chi connectivity index (χ2v) is 10.6. The number of amides is 1. The van der Waals surface area contributed by atoms with Crippen molar-refractivity contribution in [2.24, 2.45) is 0 Å². The first-order valence-electron chi connectivity index (χ1n) is 13.5. The van der Waals surface area contributed by atoms with E-state index in [-0.39, 0.29) is 5.91 Å². The molecule has 1 aliphatic rings. The minimum absolute atomic E-state index is 0.247. The van der Waals surface area contributed by atoms with E-state index >= 15 is 0 Å². The number of hydrogen-bond acceptors (Lipinski definition) is 6. The first-order chi connectivity index (χ1) is 19.2. The zero-order valence-corrected chi connectivity index (χ0v) is 23.2. The molecule has 1 aromatic heterocycles. The maximum atomic E-state index is 12.9. The maximum absolute atomic E-state index is 12.9. The minimum atomic E-state index is 0.247. The van der Waals surface area contributed by atoms with Crippen molar-refractivity contribution in [2.75, 3.05) is 43.9 Å². The summed E-state index contributed by atoms with van der Waals surface area (Å²) in [5, 5.41) is 9.96. The van der Waals surface area contributed by atoms with Gasteiger partial charge in [-0.05, 0) is 42.7 Å². The lowest BCUT2D eigenvalue weighted by Gasteiger charge is -2.36. The van der Waals surface area contributed by atoms with Crippen LogP contribution in [0.3, 0.4) is 0 Å². The number of methoxy groups -OCH3 is 1. The molecule has 7 nitrogen and oxygen atoms in total. The van der Waals surface area contributed by atoms with E-state index in [4.69, 9.17) is 4.74 Å². The SMILES string of the molecule is COc1ccccc1N1CCN(C(=O)CCCCSc2nnc(Cc3ccccc3)n2-c2ccccc2)CC1. The van der Waals surface area contributed by atoms with Gasteiger partial charge in [0.2, 0.25) is 5.91 Å². The van der Waals surface area contributed by atoms with Crippen LogP contribution in [0.1, 0.15) is 30.7 Å². The van der Waals surface area contributed by atoms with E-state index in [1.165, 1.54) is 5.56 Å². The summed E-state index contributed by atoms with van der Waals surface area (Å²) in [5.41, 5.74) is 3.37. The van der Waals surface area contributed by atoms with Crippen LogP contribution in [0.2, 0.25) is 0 Å². The van der Waals surface area contributed by atoms with Gasteiger partial charge in [-0.15, -0.1) is 10.2 Å². The molecule has 0 N–H and O–H groups in total.